The minimum Gasteiger partial charge on any atom is -0.391 e. The van der Waals surface area contributed by atoms with E-state index in [2.05, 4.69) is 12.2 Å². The van der Waals surface area contributed by atoms with E-state index in [4.69, 9.17) is 0 Å². The van der Waals surface area contributed by atoms with Gasteiger partial charge in [-0.05, 0) is 6.42 Å². The van der Waals surface area contributed by atoms with Crippen LogP contribution in [0.4, 0.5) is 0 Å². The molecule has 0 aliphatic carbocycles. The van der Waals surface area contributed by atoms with Crippen molar-refractivity contribution in [3.63, 3.8) is 0 Å². The molecule has 0 radical (unpaired) electrons. The second kappa shape index (κ2) is 8.05. The Labute approximate surface area is 80.5 Å². The molecule has 0 rings (SSSR count). The third-order valence-electron chi connectivity index (χ3n) is 1.98. The molecule has 1 unspecified atom stereocenters. The van der Waals surface area contributed by atoms with Gasteiger partial charge in [0.2, 0.25) is 5.91 Å². The Morgan fingerprint density at radius 1 is 1.38 bits per heavy atom. The summed E-state index contributed by atoms with van der Waals surface area (Å²) in [5.74, 6) is -0.0763. The number of hydrogen-bond acceptors (Lipinski definition) is 2. The van der Waals surface area contributed by atoms with Crippen molar-refractivity contribution < 1.29 is 9.90 Å². The van der Waals surface area contributed by atoms with Crippen molar-refractivity contribution in [1.82, 2.24) is 5.32 Å². The van der Waals surface area contributed by atoms with Crippen molar-refractivity contribution in [3.8, 4) is 0 Å². The van der Waals surface area contributed by atoms with Gasteiger partial charge in [-0.25, -0.2) is 0 Å². The van der Waals surface area contributed by atoms with Gasteiger partial charge in [0.05, 0.1) is 6.10 Å². The number of rotatable bonds is 7. The van der Waals surface area contributed by atoms with E-state index in [9.17, 15) is 9.90 Å². The number of carbonyl (C=O) groups is 1. The molecule has 13 heavy (non-hydrogen) atoms. The van der Waals surface area contributed by atoms with Crippen LogP contribution in [0.3, 0.4) is 0 Å². The number of amides is 1. The zero-order valence-corrected chi connectivity index (χ0v) is 8.68. The van der Waals surface area contributed by atoms with Gasteiger partial charge in [0.25, 0.3) is 0 Å². The summed E-state index contributed by atoms with van der Waals surface area (Å²) in [6, 6.07) is 0. The maximum absolute atomic E-state index is 10.5. The van der Waals surface area contributed by atoms with Gasteiger partial charge in [-0.15, -0.1) is 0 Å². The number of aliphatic hydroxyl groups is 1. The first-order valence-electron chi connectivity index (χ1n) is 5.09. The lowest BCUT2D eigenvalue weighted by Crippen LogP contribution is -2.30. The van der Waals surface area contributed by atoms with Gasteiger partial charge in [0.15, 0.2) is 0 Å². The molecule has 3 nitrogen and oxygen atoms in total. The summed E-state index contributed by atoms with van der Waals surface area (Å²) in [4.78, 5) is 10.5. The molecular formula is C10H21NO2. The van der Waals surface area contributed by atoms with Gasteiger partial charge in [0.1, 0.15) is 0 Å². The Kier molecular flexibility index (Phi) is 7.69. The first-order chi connectivity index (χ1) is 6.16. The van der Waals surface area contributed by atoms with Crippen molar-refractivity contribution >= 4 is 5.91 Å². The summed E-state index contributed by atoms with van der Waals surface area (Å²) in [7, 11) is 0. The fourth-order valence-corrected chi connectivity index (χ4v) is 1.17. The molecule has 0 saturated heterocycles. The van der Waals surface area contributed by atoms with Crippen LogP contribution in [0.1, 0.15) is 46.0 Å². The van der Waals surface area contributed by atoms with Gasteiger partial charge in [-0.1, -0.05) is 32.6 Å². The monoisotopic (exact) mass is 187 g/mol. The van der Waals surface area contributed by atoms with Gasteiger partial charge in [0, 0.05) is 13.5 Å². The number of carbonyl (C=O) groups excluding carboxylic acids is 1. The third-order valence-corrected chi connectivity index (χ3v) is 1.98. The van der Waals surface area contributed by atoms with Gasteiger partial charge in [-0.3, -0.25) is 4.79 Å². The first-order valence-corrected chi connectivity index (χ1v) is 5.09. The summed E-state index contributed by atoms with van der Waals surface area (Å²) >= 11 is 0. The van der Waals surface area contributed by atoms with Crippen LogP contribution in [0, 0.1) is 0 Å². The molecule has 0 heterocycles. The number of aliphatic hydroxyl groups excluding tert-OH is 1. The van der Waals surface area contributed by atoms with Crippen LogP contribution in [0.5, 0.6) is 0 Å². The first kappa shape index (κ1) is 12.4. The zero-order valence-electron chi connectivity index (χ0n) is 8.68. The number of unbranched alkanes of at least 4 members (excludes halogenated alkanes) is 3. The Morgan fingerprint density at radius 2 is 2.08 bits per heavy atom. The van der Waals surface area contributed by atoms with Crippen molar-refractivity contribution in [2.75, 3.05) is 6.54 Å². The summed E-state index contributed by atoms with van der Waals surface area (Å²) in [6.45, 7) is 4.01. The van der Waals surface area contributed by atoms with Gasteiger partial charge < -0.3 is 10.4 Å². The molecule has 0 saturated carbocycles. The minimum absolute atomic E-state index is 0.0763. The molecule has 2 N–H and O–H groups in total. The van der Waals surface area contributed by atoms with Crippen molar-refractivity contribution in [3.05, 3.63) is 0 Å². The molecule has 1 amide bonds. The highest BCUT2D eigenvalue weighted by molar-refractivity contribution is 5.72. The normalized spacial score (nSPS) is 12.5. The second-order valence-corrected chi connectivity index (χ2v) is 3.44. The third kappa shape index (κ3) is 9.34. The Bertz CT molecular complexity index is 137. The molecule has 0 aromatic heterocycles. The van der Waals surface area contributed by atoms with Crippen LogP contribution in [0.2, 0.25) is 0 Å². The smallest absolute Gasteiger partial charge is 0.216 e. The molecule has 1 atom stereocenters. The van der Waals surface area contributed by atoms with Crippen molar-refractivity contribution in [2.45, 2.75) is 52.1 Å². The molecule has 0 aromatic carbocycles. The summed E-state index contributed by atoms with van der Waals surface area (Å²) in [5, 5.41) is 12.0. The Balaban J connectivity index is 3.19. The minimum atomic E-state index is -0.374. The zero-order chi connectivity index (χ0) is 10.1. The highest BCUT2D eigenvalue weighted by Gasteiger charge is 2.03. The van der Waals surface area contributed by atoms with Crippen molar-refractivity contribution in [2.24, 2.45) is 0 Å². The SMILES string of the molecule is CCCCCCC(O)CNC(C)=O. The predicted octanol–water partition coefficient (Wildman–Crippen LogP) is 1.45. The van der Waals surface area contributed by atoms with Gasteiger partial charge >= 0.3 is 0 Å². The topological polar surface area (TPSA) is 49.3 Å². The lowest BCUT2D eigenvalue weighted by Gasteiger charge is -2.10. The lowest BCUT2D eigenvalue weighted by atomic mass is 10.1. The van der Waals surface area contributed by atoms with E-state index >= 15 is 0 Å². The molecule has 3 heteroatoms. The molecule has 0 fully saturated rings. The number of nitrogens with one attached hydrogen (secondary N) is 1. The van der Waals surface area contributed by atoms with E-state index in [0.29, 0.717) is 6.54 Å². The van der Waals surface area contributed by atoms with E-state index in [1.54, 1.807) is 0 Å². The van der Waals surface area contributed by atoms with Crippen molar-refractivity contribution in [1.29, 1.82) is 0 Å². The van der Waals surface area contributed by atoms with Crippen LogP contribution in [-0.4, -0.2) is 23.7 Å². The molecule has 0 spiro atoms. The van der Waals surface area contributed by atoms with Crippen LogP contribution < -0.4 is 5.32 Å². The van der Waals surface area contributed by atoms with Crippen LogP contribution in [-0.2, 0) is 4.79 Å². The van der Waals surface area contributed by atoms with E-state index in [1.165, 1.54) is 26.2 Å². The van der Waals surface area contributed by atoms with Crippen LogP contribution >= 0.6 is 0 Å². The fourth-order valence-electron chi connectivity index (χ4n) is 1.17. The van der Waals surface area contributed by atoms with E-state index in [1.807, 2.05) is 0 Å². The Morgan fingerprint density at radius 3 is 2.62 bits per heavy atom. The quantitative estimate of drug-likeness (QED) is 0.593. The van der Waals surface area contributed by atoms with E-state index < -0.39 is 0 Å². The maximum atomic E-state index is 10.5. The highest BCUT2D eigenvalue weighted by Crippen LogP contribution is 2.04. The molecule has 0 bridgehead atoms. The molecule has 0 aliphatic rings. The average Bonchev–Trinajstić information content (AvgIpc) is 2.09. The fraction of sp³-hybridized carbons (Fsp3) is 0.900. The Hall–Kier alpha value is -0.570. The number of hydrogen-bond donors (Lipinski definition) is 2. The summed E-state index contributed by atoms with van der Waals surface area (Å²) < 4.78 is 0. The van der Waals surface area contributed by atoms with Gasteiger partial charge in [-0.2, -0.15) is 0 Å². The lowest BCUT2D eigenvalue weighted by molar-refractivity contribution is -0.119. The summed E-state index contributed by atoms with van der Waals surface area (Å²) in [6.07, 6.45) is 5.08. The summed E-state index contributed by atoms with van der Waals surface area (Å²) in [5.41, 5.74) is 0. The molecule has 0 aliphatic heterocycles. The average molecular weight is 187 g/mol. The molecule has 78 valence electrons. The van der Waals surface area contributed by atoms with E-state index in [0.717, 1.165) is 12.8 Å². The second-order valence-electron chi connectivity index (χ2n) is 3.44. The molecule has 0 aromatic rings. The van der Waals surface area contributed by atoms with E-state index in [-0.39, 0.29) is 12.0 Å². The largest absolute Gasteiger partial charge is 0.391 e. The van der Waals surface area contributed by atoms with Crippen LogP contribution in [0.15, 0.2) is 0 Å². The highest BCUT2D eigenvalue weighted by atomic mass is 16.3. The standard InChI is InChI=1S/C10H21NO2/c1-3-4-5-6-7-10(13)8-11-9(2)12/h10,13H,3-8H2,1-2H3,(H,11,12). The maximum Gasteiger partial charge on any atom is 0.216 e. The molecular weight excluding hydrogens is 166 g/mol. The van der Waals surface area contributed by atoms with Crippen LogP contribution in [0.25, 0.3) is 0 Å². The predicted molar refractivity (Wildman–Crippen MR) is 53.4 cm³/mol.